The second-order valence-corrected chi connectivity index (χ2v) is 4.42. The molecule has 0 spiro atoms. The summed E-state index contributed by atoms with van der Waals surface area (Å²) in [4.78, 5) is 13.9. The van der Waals surface area contributed by atoms with E-state index in [1.165, 1.54) is 0 Å². The monoisotopic (exact) mass is 226 g/mol. The van der Waals surface area contributed by atoms with Gasteiger partial charge in [-0.2, -0.15) is 0 Å². The van der Waals surface area contributed by atoms with Gasteiger partial charge in [-0.15, -0.1) is 6.58 Å². The molecule has 16 heavy (non-hydrogen) atoms. The van der Waals surface area contributed by atoms with Gasteiger partial charge in [-0.25, -0.2) is 0 Å². The summed E-state index contributed by atoms with van der Waals surface area (Å²) in [5.74, 6) is 0.0567. The molecule has 0 aromatic rings. The van der Waals surface area contributed by atoms with E-state index >= 15 is 0 Å². The van der Waals surface area contributed by atoms with E-state index in [1.807, 2.05) is 20.8 Å². The highest BCUT2D eigenvalue weighted by Crippen LogP contribution is 2.13. The Balaban J connectivity index is 2.48. The predicted molar refractivity (Wildman–Crippen MR) is 64.3 cm³/mol. The molecule has 1 aliphatic heterocycles. The largest absolute Gasteiger partial charge is 0.373 e. The molecular formula is C12H22N2O2. The second-order valence-electron chi connectivity index (χ2n) is 4.42. The number of hydrogen-bond acceptors (Lipinski definition) is 3. The van der Waals surface area contributed by atoms with Crippen LogP contribution in [0, 0.1) is 0 Å². The second kappa shape index (κ2) is 6.01. The topological polar surface area (TPSA) is 41.6 Å². The molecule has 1 amide bonds. The molecule has 1 rings (SSSR count). The first-order valence-electron chi connectivity index (χ1n) is 5.82. The van der Waals surface area contributed by atoms with Crippen molar-refractivity contribution in [1.82, 2.24) is 10.2 Å². The van der Waals surface area contributed by atoms with Crippen molar-refractivity contribution < 1.29 is 9.53 Å². The number of morpholine rings is 1. The zero-order chi connectivity index (χ0) is 12.1. The van der Waals surface area contributed by atoms with Crippen LogP contribution < -0.4 is 5.32 Å². The number of rotatable bonds is 4. The summed E-state index contributed by atoms with van der Waals surface area (Å²) in [7, 11) is 0. The quantitative estimate of drug-likeness (QED) is 0.721. The SMILES string of the molecule is C=CCNC(=O)[C@H](C)N1C[C@@H](C)O[C@@H](C)C1. The minimum Gasteiger partial charge on any atom is -0.373 e. The van der Waals surface area contributed by atoms with Crippen LogP contribution in [-0.2, 0) is 9.53 Å². The summed E-state index contributed by atoms with van der Waals surface area (Å²) in [6.45, 7) is 11.7. The van der Waals surface area contributed by atoms with Crippen LogP contribution in [0.5, 0.6) is 0 Å². The number of nitrogens with one attached hydrogen (secondary N) is 1. The van der Waals surface area contributed by atoms with Gasteiger partial charge in [0, 0.05) is 19.6 Å². The van der Waals surface area contributed by atoms with Gasteiger partial charge in [-0.1, -0.05) is 6.08 Å². The summed E-state index contributed by atoms with van der Waals surface area (Å²) in [5, 5.41) is 2.82. The van der Waals surface area contributed by atoms with E-state index in [9.17, 15) is 4.79 Å². The van der Waals surface area contributed by atoms with Crippen molar-refractivity contribution >= 4 is 5.91 Å². The maximum Gasteiger partial charge on any atom is 0.237 e. The van der Waals surface area contributed by atoms with Gasteiger partial charge >= 0.3 is 0 Å². The van der Waals surface area contributed by atoms with E-state index in [-0.39, 0.29) is 24.2 Å². The summed E-state index contributed by atoms with van der Waals surface area (Å²) in [5.41, 5.74) is 0. The minimum absolute atomic E-state index is 0.0567. The molecule has 1 saturated heterocycles. The number of carbonyl (C=O) groups is 1. The molecule has 0 aliphatic carbocycles. The van der Waals surface area contributed by atoms with E-state index in [2.05, 4.69) is 16.8 Å². The molecule has 0 unspecified atom stereocenters. The molecule has 4 nitrogen and oxygen atoms in total. The van der Waals surface area contributed by atoms with Crippen molar-refractivity contribution in [2.24, 2.45) is 0 Å². The molecule has 1 fully saturated rings. The smallest absolute Gasteiger partial charge is 0.237 e. The fourth-order valence-corrected chi connectivity index (χ4v) is 2.02. The lowest BCUT2D eigenvalue weighted by atomic mass is 10.1. The van der Waals surface area contributed by atoms with E-state index in [0.29, 0.717) is 6.54 Å². The summed E-state index contributed by atoms with van der Waals surface area (Å²) < 4.78 is 5.64. The maximum atomic E-state index is 11.8. The van der Waals surface area contributed by atoms with E-state index in [0.717, 1.165) is 13.1 Å². The van der Waals surface area contributed by atoms with Crippen LogP contribution in [0.15, 0.2) is 12.7 Å². The summed E-state index contributed by atoms with van der Waals surface area (Å²) >= 11 is 0. The van der Waals surface area contributed by atoms with Crippen LogP contribution in [-0.4, -0.2) is 48.7 Å². The van der Waals surface area contributed by atoms with Gasteiger partial charge in [0.1, 0.15) is 0 Å². The number of ether oxygens (including phenoxy) is 1. The molecule has 92 valence electrons. The van der Waals surface area contributed by atoms with Crippen molar-refractivity contribution in [2.45, 2.75) is 39.0 Å². The Labute approximate surface area is 97.6 Å². The third-order valence-electron chi connectivity index (χ3n) is 2.80. The first-order chi connectivity index (χ1) is 7.54. The lowest BCUT2D eigenvalue weighted by Crippen LogP contribution is -2.53. The van der Waals surface area contributed by atoms with Gasteiger partial charge in [0.25, 0.3) is 0 Å². The summed E-state index contributed by atoms with van der Waals surface area (Å²) in [6.07, 6.45) is 2.08. The fraction of sp³-hybridized carbons (Fsp3) is 0.750. The van der Waals surface area contributed by atoms with Crippen LogP contribution in [0.2, 0.25) is 0 Å². The first-order valence-corrected chi connectivity index (χ1v) is 5.82. The van der Waals surface area contributed by atoms with Crippen molar-refractivity contribution in [1.29, 1.82) is 0 Å². The average molecular weight is 226 g/mol. The molecule has 1 N–H and O–H groups in total. The molecule has 1 heterocycles. The van der Waals surface area contributed by atoms with Gasteiger partial charge in [0.2, 0.25) is 5.91 Å². The molecule has 0 aromatic carbocycles. The third-order valence-corrected chi connectivity index (χ3v) is 2.80. The molecule has 3 atom stereocenters. The Morgan fingerprint density at radius 1 is 1.56 bits per heavy atom. The first kappa shape index (κ1) is 13.2. The maximum absolute atomic E-state index is 11.8. The predicted octanol–water partition coefficient (Wildman–Crippen LogP) is 0.786. The molecule has 1 aliphatic rings. The fourth-order valence-electron chi connectivity index (χ4n) is 2.02. The van der Waals surface area contributed by atoms with Gasteiger partial charge < -0.3 is 10.1 Å². The molecular weight excluding hydrogens is 204 g/mol. The number of carbonyl (C=O) groups excluding carboxylic acids is 1. The lowest BCUT2D eigenvalue weighted by Gasteiger charge is -2.38. The molecule has 0 radical (unpaired) electrons. The Kier molecular flexibility index (Phi) is 4.96. The molecule has 0 bridgehead atoms. The summed E-state index contributed by atoms with van der Waals surface area (Å²) in [6, 6.07) is -0.103. The van der Waals surface area contributed by atoms with E-state index in [1.54, 1.807) is 6.08 Å². The number of amides is 1. The zero-order valence-electron chi connectivity index (χ0n) is 10.4. The van der Waals surface area contributed by atoms with Crippen LogP contribution in [0.4, 0.5) is 0 Å². The van der Waals surface area contributed by atoms with Crippen LogP contribution in [0.25, 0.3) is 0 Å². The van der Waals surface area contributed by atoms with Gasteiger partial charge in [-0.3, -0.25) is 9.69 Å². The van der Waals surface area contributed by atoms with Crippen molar-refractivity contribution in [3.05, 3.63) is 12.7 Å². The van der Waals surface area contributed by atoms with Gasteiger partial charge in [0.15, 0.2) is 0 Å². The third kappa shape index (κ3) is 3.61. The Hall–Kier alpha value is -0.870. The molecule has 0 aromatic heterocycles. The number of hydrogen-bond donors (Lipinski definition) is 1. The van der Waals surface area contributed by atoms with Crippen LogP contribution >= 0.6 is 0 Å². The normalized spacial score (nSPS) is 28.4. The van der Waals surface area contributed by atoms with Crippen molar-refractivity contribution in [3.8, 4) is 0 Å². The van der Waals surface area contributed by atoms with Crippen molar-refractivity contribution in [2.75, 3.05) is 19.6 Å². The standard InChI is InChI=1S/C12H22N2O2/c1-5-6-13-12(15)11(4)14-7-9(2)16-10(3)8-14/h5,9-11H,1,6-8H2,2-4H3,(H,13,15)/t9-,10+,11-/m0/s1. The highest BCUT2D eigenvalue weighted by atomic mass is 16.5. The highest BCUT2D eigenvalue weighted by Gasteiger charge is 2.28. The van der Waals surface area contributed by atoms with E-state index in [4.69, 9.17) is 4.74 Å². The zero-order valence-corrected chi connectivity index (χ0v) is 10.4. The Bertz CT molecular complexity index is 245. The molecule has 4 heteroatoms. The van der Waals surface area contributed by atoms with Crippen LogP contribution in [0.1, 0.15) is 20.8 Å². The van der Waals surface area contributed by atoms with Gasteiger partial charge in [-0.05, 0) is 20.8 Å². The Morgan fingerprint density at radius 2 is 2.12 bits per heavy atom. The van der Waals surface area contributed by atoms with Gasteiger partial charge in [0.05, 0.1) is 18.2 Å². The van der Waals surface area contributed by atoms with Crippen LogP contribution in [0.3, 0.4) is 0 Å². The van der Waals surface area contributed by atoms with E-state index < -0.39 is 0 Å². The highest BCUT2D eigenvalue weighted by molar-refractivity contribution is 5.81. The number of nitrogens with zero attached hydrogens (tertiary/aromatic N) is 1. The minimum atomic E-state index is -0.103. The Morgan fingerprint density at radius 3 is 2.62 bits per heavy atom. The molecule has 0 saturated carbocycles. The van der Waals surface area contributed by atoms with Crippen molar-refractivity contribution in [3.63, 3.8) is 0 Å². The average Bonchev–Trinajstić information content (AvgIpc) is 2.23. The lowest BCUT2D eigenvalue weighted by molar-refractivity contribution is -0.131.